The monoisotopic (exact) mass is 417 g/mol. The summed E-state index contributed by atoms with van der Waals surface area (Å²) in [5.74, 6) is -0.834. The van der Waals surface area contributed by atoms with Crippen LogP contribution in [-0.2, 0) is 21.7 Å². The molecule has 3 aromatic rings. The molecule has 0 aromatic heterocycles. The molecule has 0 bridgehead atoms. The Balaban J connectivity index is 1.60. The fourth-order valence-corrected chi connectivity index (χ4v) is 3.93. The van der Waals surface area contributed by atoms with Crippen LogP contribution in [0.4, 0.5) is 5.69 Å². The molecule has 0 radical (unpaired) electrons. The highest BCUT2D eigenvalue weighted by molar-refractivity contribution is 6.30. The van der Waals surface area contributed by atoms with E-state index in [1.165, 1.54) is 11.0 Å². The van der Waals surface area contributed by atoms with Crippen molar-refractivity contribution < 1.29 is 14.7 Å². The molecule has 1 amide bonds. The van der Waals surface area contributed by atoms with E-state index in [1.807, 2.05) is 42.5 Å². The molecule has 1 aliphatic rings. The number of benzene rings is 3. The van der Waals surface area contributed by atoms with Crippen molar-refractivity contribution in [1.29, 1.82) is 0 Å². The molecule has 0 aliphatic carbocycles. The van der Waals surface area contributed by atoms with Gasteiger partial charge in [-0.3, -0.25) is 9.59 Å². The number of aliphatic hydroxyl groups is 1. The van der Waals surface area contributed by atoms with E-state index in [2.05, 4.69) is 0 Å². The Morgan fingerprint density at radius 1 is 1.00 bits per heavy atom. The van der Waals surface area contributed by atoms with Crippen molar-refractivity contribution in [3.63, 3.8) is 0 Å². The van der Waals surface area contributed by atoms with Gasteiger partial charge in [-0.15, -0.1) is 0 Å². The third kappa shape index (κ3) is 3.92. The number of para-hydroxylation sites is 1. The number of hydrogen-bond acceptors (Lipinski definition) is 3. The van der Waals surface area contributed by atoms with Crippen LogP contribution in [0.15, 0.2) is 84.9 Å². The van der Waals surface area contributed by atoms with Gasteiger partial charge in [0.1, 0.15) is 0 Å². The molecule has 1 heterocycles. The summed E-state index contributed by atoms with van der Waals surface area (Å²) in [7, 11) is 0. The minimum atomic E-state index is -1.90. The van der Waals surface area contributed by atoms with E-state index < -0.39 is 11.5 Å². The lowest BCUT2D eigenvalue weighted by molar-refractivity contribution is -0.140. The minimum absolute atomic E-state index is 0.257. The van der Waals surface area contributed by atoms with Gasteiger partial charge in [-0.25, -0.2) is 0 Å². The Morgan fingerprint density at radius 3 is 2.50 bits per heavy atom. The van der Waals surface area contributed by atoms with E-state index in [1.54, 1.807) is 42.5 Å². The molecule has 1 atom stereocenters. The molecule has 3 aromatic carbocycles. The number of carbonyl (C=O) groups excluding carboxylic acids is 2. The predicted molar refractivity (Wildman–Crippen MR) is 118 cm³/mol. The molecule has 30 heavy (non-hydrogen) atoms. The molecule has 4 rings (SSSR count). The third-order valence-electron chi connectivity index (χ3n) is 5.16. The summed E-state index contributed by atoms with van der Waals surface area (Å²) in [5.41, 5.74) is 0.861. The summed E-state index contributed by atoms with van der Waals surface area (Å²) in [5, 5.41) is 11.9. The maximum atomic E-state index is 13.2. The number of fused-ring (bicyclic) bond motifs is 1. The zero-order valence-electron chi connectivity index (χ0n) is 16.2. The molecular weight excluding hydrogens is 398 g/mol. The zero-order valence-corrected chi connectivity index (χ0v) is 16.9. The lowest BCUT2D eigenvalue weighted by Gasteiger charge is -2.22. The van der Waals surface area contributed by atoms with Gasteiger partial charge in [-0.1, -0.05) is 78.3 Å². The molecule has 1 unspecified atom stereocenters. The third-order valence-corrected chi connectivity index (χ3v) is 5.40. The molecule has 1 N–H and O–H groups in total. The maximum Gasteiger partial charge on any atom is 0.264 e. The first-order valence-corrected chi connectivity index (χ1v) is 9.99. The predicted octanol–water partition coefficient (Wildman–Crippen LogP) is 4.75. The van der Waals surface area contributed by atoms with Crippen LogP contribution in [0.3, 0.4) is 0 Å². The molecule has 150 valence electrons. The van der Waals surface area contributed by atoms with Crippen molar-refractivity contribution in [2.24, 2.45) is 0 Å². The minimum Gasteiger partial charge on any atom is -0.375 e. The molecule has 1 aliphatic heterocycles. The summed E-state index contributed by atoms with van der Waals surface area (Å²) in [6.07, 6.45) is 2.77. The molecule has 0 saturated heterocycles. The number of anilines is 1. The van der Waals surface area contributed by atoms with E-state index in [9.17, 15) is 14.7 Å². The molecule has 5 heteroatoms. The van der Waals surface area contributed by atoms with Gasteiger partial charge in [0.05, 0.1) is 18.7 Å². The van der Waals surface area contributed by atoms with Gasteiger partial charge in [0, 0.05) is 10.6 Å². The number of hydrogen-bond donors (Lipinski definition) is 1. The van der Waals surface area contributed by atoms with Crippen LogP contribution in [0.1, 0.15) is 23.1 Å². The van der Waals surface area contributed by atoms with E-state index in [0.717, 1.165) is 11.1 Å². The highest BCUT2D eigenvalue weighted by Gasteiger charge is 2.50. The fourth-order valence-electron chi connectivity index (χ4n) is 3.72. The first-order chi connectivity index (χ1) is 14.5. The van der Waals surface area contributed by atoms with Crippen molar-refractivity contribution >= 4 is 35.1 Å². The molecular formula is C25H20ClNO3. The van der Waals surface area contributed by atoms with Crippen molar-refractivity contribution in [2.75, 3.05) is 4.90 Å². The van der Waals surface area contributed by atoms with Crippen LogP contribution < -0.4 is 4.90 Å². The van der Waals surface area contributed by atoms with Gasteiger partial charge in [-0.05, 0) is 35.4 Å². The highest BCUT2D eigenvalue weighted by Crippen LogP contribution is 2.43. The lowest BCUT2D eigenvalue weighted by Crippen LogP contribution is -2.41. The maximum absolute atomic E-state index is 13.2. The average Bonchev–Trinajstić information content (AvgIpc) is 2.95. The Morgan fingerprint density at radius 2 is 1.73 bits per heavy atom. The van der Waals surface area contributed by atoms with Crippen LogP contribution in [0.25, 0.3) is 6.08 Å². The number of nitrogens with zero attached hydrogens (tertiary/aromatic N) is 1. The number of amides is 1. The highest BCUT2D eigenvalue weighted by atomic mass is 35.5. The van der Waals surface area contributed by atoms with E-state index in [0.29, 0.717) is 16.3 Å². The largest absolute Gasteiger partial charge is 0.375 e. The van der Waals surface area contributed by atoms with Crippen LogP contribution in [-0.4, -0.2) is 16.8 Å². The van der Waals surface area contributed by atoms with E-state index >= 15 is 0 Å². The van der Waals surface area contributed by atoms with Gasteiger partial charge in [0.25, 0.3) is 5.91 Å². The van der Waals surface area contributed by atoms with E-state index in [4.69, 9.17) is 11.6 Å². The molecule has 0 spiro atoms. The van der Waals surface area contributed by atoms with Crippen LogP contribution in [0.2, 0.25) is 5.02 Å². The normalized spacial score (nSPS) is 18.1. The lowest BCUT2D eigenvalue weighted by atomic mass is 9.89. The summed E-state index contributed by atoms with van der Waals surface area (Å²) >= 11 is 6.07. The second kappa shape index (κ2) is 8.27. The van der Waals surface area contributed by atoms with Crippen LogP contribution in [0.5, 0.6) is 0 Å². The van der Waals surface area contributed by atoms with Crippen molar-refractivity contribution in [1.82, 2.24) is 0 Å². The number of carbonyl (C=O) groups is 2. The van der Waals surface area contributed by atoms with Gasteiger partial charge in [0.15, 0.2) is 11.4 Å². The quantitative estimate of drug-likeness (QED) is 0.589. The number of ketones is 1. The fraction of sp³-hybridized carbons (Fsp3) is 0.120. The number of rotatable bonds is 6. The topological polar surface area (TPSA) is 57.6 Å². The summed E-state index contributed by atoms with van der Waals surface area (Å²) in [4.78, 5) is 27.4. The second-order valence-electron chi connectivity index (χ2n) is 7.29. The summed E-state index contributed by atoms with van der Waals surface area (Å²) in [6.45, 7) is 0.257. The molecule has 0 fully saturated rings. The Hall–Kier alpha value is -3.21. The van der Waals surface area contributed by atoms with Gasteiger partial charge in [0.2, 0.25) is 0 Å². The number of halogens is 1. The number of allylic oxidation sites excluding steroid dienone is 1. The first-order valence-electron chi connectivity index (χ1n) is 9.62. The zero-order chi connectivity index (χ0) is 21.1. The molecule has 4 nitrogen and oxygen atoms in total. The standard InChI is InChI=1S/C25H20ClNO3/c26-20-10-6-9-19(15-20)17-27-23-12-5-4-11-22(23)25(30,24(27)29)16-21(28)14-13-18-7-2-1-3-8-18/h1-15,30H,16-17H2. The van der Waals surface area contributed by atoms with Crippen LogP contribution >= 0.6 is 11.6 Å². The van der Waals surface area contributed by atoms with E-state index in [-0.39, 0.29) is 18.7 Å². The van der Waals surface area contributed by atoms with Gasteiger partial charge >= 0.3 is 0 Å². The van der Waals surface area contributed by atoms with Crippen molar-refractivity contribution in [2.45, 2.75) is 18.6 Å². The second-order valence-corrected chi connectivity index (χ2v) is 7.72. The smallest absolute Gasteiger partial charge is 0.264 e. The first kappa shape index (κ1) is 20.1. The Labute approximate surface area is 180 Å². The Bertz CT molecular complexity index is 1130. The SMILES string of the molecule is O=C(C=Cc1ccccc1)CC1(O)C(=O)N(Cc2cccc(Cl)c2)c2ccccc21. The Kier molecular flexibility index (Phi) is 5.53. The molecule has 0 saturated carbocycles. The van der Waals surface area contributed by atoms with Crippen LogP contribution in [0, 0.1) is 0 Å². The van der Waals surface area contributed by atoms with Gasteiger partial charge in [-0.2, -0.15) is 0 Å². The van der Waals surface area contributed by atoms with Crippen molar-refractivity contribution in [3.8, 4) is 0 Å². The average molecular weight is 418 g/mol. The summed E-state index contributed by atoms with van der Waals surface area (Å²) in [6, 6.07) is 23.7. The summed E-state index contributed by atoms with van der Waals surface area (Å²) < 4.78 is 0. The van der Waals surface area contributed by atoms with Gasteiger partial charge < -0.3 is 10.0 Å². The van der Waals surface area contributed by atoms with Crippen molar-refractivity contribution in [3.05, 3.63) is 107 Å².